The molecule has 0 saturated carbocycles. The number of unbranched alkanes of at least 4 members (excludes halogenated alkanes) is 2. The maximum absolute atomic E-state index is 11.1. The SMILES string of the molecule is CCCCOC(C)N(C([O])=O)C(C)OCCCC. The highest BCUT2D eigenvalue weighted by molar-refractivity contribution is 5.64. The van der Waals surface area contributed by atoms with Crippen LogP contribution in [0.1, 0.15) is 53.4 Å². The fraction of sp³-hybridized carbons (Fsp3) is 0.923. The summed E-state index contributed by atoms with van der Waals surface area (Å²) >= 11 is 0. The second-order valence-electron chi connectivity index (χ2n) is 4.32. The Balaban J connectivity index is 4.21. The van der Waals surface area contributed by atoms with Gasteiger partial charge in [-0.3, -0.25) is 4.90 Å². The van der Waals surface area contributed by atoms with E-state index in [1.54, 1.807) is 13.8 Å². The Morgan fingerprint density at radius 3 is 1.67 bits per heavy atom. The Kier molecular flexibility index (Phi) is 9.69. The molecule has 0 spiro atoms. The quantitative estimate of drug-likeness (QED) is 0.448. The smallest absolute Gasteiger partial charge is 0.358 e. The Morgan fingerprint density at radius 2 is 1.39 bits per heavy atom. The highest BCUT2D eigenvalue weighted by Crippen LogP contribution is 2.10. The molecule has 5 heteroatoms. The number of hydrogen-bond donors (Lipinski definition) is 0. The van der Waals surface area contributed by atoms with Crippen LogP contribution in [0.25, 0.3) is 0 Å². The van der Waals surface area contributed by atoms with Crippen molar-refractivity contribution < 1.29 is 19.4 Å². The van der Waals surface area contributed by atoms with Crippen LogP contribution in [0.5, 0.6) is 0 Å². The second-order valence-corrected chi connectivity index (χ2v) is 4.32. The van der Waals surface area contributed by atoms with E-state index >= 15 is 0 Å². The van der Waals surface area contributed by atoms with Crippen molar-refractivity contribution in [3.05, 3.63) is 0 Å². The average molecular weight is 260 g/mol. The van der Waals surface area contributed by atoms with E-state index < -0.39 is 18.5 Å². The maximum Gasteiger partial charge on any atom is 0.457 e. The van der Waals surface area contributed by atoms with Crippen molar-refractivity contribution in [3.63, 3.8) is 0 Å². The van der Waals surface area contributed by atoms with Gasteiger partial charge in [0.15, 0.2) is 0 Å². The van der Waals surface area contributed by atoms with E-state index in [1.807, 2.05) is 0 Å². The van der Waals surface area contributed by atoms with Crippen LogP contribution < -0.4 is 0 Å². The van der Waals surface area contributed by atoms with Gasteiger partial charge in [0, 0.05) is 13.2 Å². The van der Waals surface area contributed by atoms with Crippen LogP contribution in [0, 0.1) is 0 Å². The summed E-state index contributed by atoms with van der Waals surface area (Å²) in [6, 6.07) is 0. The van der Waals surface area contributed by atoms with E-state index in [1.165, 1.54) is 0 Å². The molecule has 0 fully saturated rings. The maximum atomic E-state index is 11.1. The van der Waals surface area contributed by atoms with Crippen LogP contribution >= 0.6 is 0 Å². The third kappa shape index (κ3) is 6.81. The topological polar surface area (TPSA) is 58.7 Å². The number of nitrogens with zero attached hydrogens (tertiary/aromatic N) is 1. The summed E-state index contributed by atoms with van der Waals surface area (Å²) < 4.78 is 10.9. The summed E-state index contributed by atoms with van der Waals surface area (Å²) in [5, 5.41) is 11.1. The highest BCUT2D eigenvalue weighted by Gasteiger charge is 2.27. The first-order chi connectivity index (χ1) is 8.54. The first-order valence-electron chi connectivity index (χ1n) is 6.77. The standard InChI is InChI=1S/C13H26NO4/c1-5-7-9-17-11(3)14(13(15)16)12(4)18-10-8-6-2/h11-12H,5-10H2,1-4H3. The normalized spacial score (nSPS) is 14.2. The molecule has 1 radical (unpaired) electrons. The number of rotatable bonds is 10. The van der Waals surface area contributed by atoms with Crippen LogP contribution in [0.4, 0.5) is 4.79 Å². The van der Waals surface area contributed by atoms with Crippen molar-refractivity contribution in [2.24, 2.45) is 0 Å². The molecule has 2 atom stereocenters. The van der Waals surface area contributed by atoms with Crippen LogP contribution in [0.15, 0.2) is 0 Å². The summed E-state index contributed by atoms with van der Waals surface area (Å²) in [4.78, 5) is 12.2. The minimum Gasteiger partial charge on any atom is -0.358 e. The molecule has 0 bridgehead atoms. The number of ether oxygens (including phenoxy) is 2. The van der Waals surface area contributed by atoms with Gasteiger partial charge in [-0.1, -0.05) is 26.7 Å². The molecule has 0 saturated heterocycles. The van der Waals surface area contributed by atoms with E-state index in [0.29, 0.717) is 13.2 Å². The lowest BCUT2D eigenvalue weighted by molar-refractivity contribution is -0.126. The zero-order valence-corrected chi connectivity index (χ0v) is 12.0. The molecule has 0 aliphatic carbocycles. The van der Waals surface area contributed by atoms with Crippen LogP contribution in [-0.2, 0) is 14.6 Å². The first kappa shape index (κ1) is 17.2. The molecule has 18 heavy (non-hydrogen) atoms. The number of carbonyl (C=O) groups is 1. The molecule has 1 amide bonds. The van der Waals surface area contributed by atoms with Crippen LogP contribution in [-0.4, -0.2) is 36.7 Å². The van der Waals surface area contributed by atoms with Gasteiger partial charge in [-0.2, -0.15) is 0 Å². The largest absolute Gasteiger partial charge is 0.457 e. The minimum absolute atomic E-state index is 0.543. The third-order valence-corrected chi connectivity index (χ3v) is 2.71. The molecule has 0 rings (SSSR count). The summed E-state index contributed by atoms with van der Waals surface area (Å²) in [7, 11) is 0. The van der Waals surface area contributed by atoms with E-state index in [4.69, 9.17) is 9.47 Å². The van der Waals surface area contributed by atoms with E-state index in [-0.39, 0.29) is 0 Å². The van der Waals surface area contributed by atoms with E-state index in [2.05, 4.69) is 13.8 Å². The van der Waals surface area contributed by atoms with Crippen LogP contribution in [0.2, 0.25) is 0 Å². The van der Waals surface area contributed by atoms with Crippen LogP contribution in [0.3, 0.4) is 0 Å². The Bertz CT molecular complexity index is 207. The molecule has 2 unspecified atom stereocenters. The Hall–Kier alpha value is -0.810. The first-order valence-corrected chi connectivity index (χ1v) is 6.77. The fourth-order valence-corrected chi connectivity index (χ4v) is 1.55. The van der Waals surface area contributed by atoms with Gasteiger partial charge < -0.3 is 9.47 Å². The summed E-state index contributed by atoms with van der Waals surface area (Å²) in [5.41, 5.74) is 0. The van der Waals surface area contributed by atoms with Crippen molar-refractivity contribution in [3.8, 4) is 0 Å². The molecule has 0 N–H and O–H groups in total. The van der Waals surface area contributed by atoms with Gasteiger partial charge in [-0.25, -0.2) is 9.90 Å². The van der Waals surface area contributed by atoms with E-state index in [9.17, 15) is 9.90 Å². The van der Waals surface area contributed by atoms with Gasteiger partial charge in [0.05, 0.1) is 0 Å². The Labute approximate surface area is 110 Å². The predicted octanol–water partition coefficient (Wildman–Crippen LogP) is 3.16. The van der Waals surface area contributed by atoms with Gasteiger partial charge >= 0.3 is 6.09 Å². The molecule has 0 aliphatic rings. The predicted molar refractivity (Wildman–Crippen MR) is 68.6 cm³/mol. The molecule has 0 aliphatic heterocycles. The van der Waals surface area contributed by atoms with Crippen molar-refractivity contribution in [2.75, 3.05) is 13.2 Å². The monoisotopic (exact) mass is 260 g/mol. The molecule has 0 aromatic rings. The summed E-state index contributed by atoms with van der Waals surface area (Å²) in [6.45, 7) is 8.60. The van der Waals surface area contributed by atoms with Gasteiger partial charge in [-0.15, -0.1) is 0 Å². The lowest BCUT2D eigenvalue weighted by Gasteiger charge is -2.30. The molecule has 0 aromatic heterocycles. The lowest BCUT2D eigenvalue weighted by Crippen LogP contribution is -2.46. The van der Waals surface area contributed by atoms with Crippen molar-refractivity contribution in [1.29, 1.82) is 0 Å². The zero-order chi connectivity index (χ0) is 14.0. The molecular formula is C13H26NO4. The van der Waals surface area contributed by atoms with Crippen molar-refractivity contribution in [2.45, 2.75) is 65.8 Å². The molecule has 5 nitrogen and oxygen atoms in total. The van der Waals surface area contributed by atoms with Gasteiger partial charge in [0.25, 0.3) is 0 Å². The zero-order valence-electron chi connectivity index (χ0n) is 12.0. The second kappa shape index (κ2) is 10.1. The minimum atomic E-state index is -1.26. The highest BCUT2D eigenvalue weighted by atomic mass is 16.5. The lowest BCUT2D eigenvalue weighted by atomic mass is 10.3. The molecule has 0 aromatic carbocycles. The van der Waals surface area contributed by atoms with Crippen molar-refractivity contribution in [1.82, 2.24) is 4.90 Å². The molecule has 0 heterocycles. The molecular weight excluding hydrogens is 234 g/mol. The summed E-state index contributed by atoms with van der Waals surface area (Å²) in [5.74, 6) is 0. The van der Waals surface area contributed by atoms with E-state index in [0.717, 1.165) is 30.6 Å². The number of amides is 1. The van der Waals surface area contributed by atoms with Crippen molar-refractivity contribution >= 4 is 6.09 Å². The number of hydrogen-bond acceptors (Lipinski definition) is 3. The third-order valence-electron chi connectivity index (χ3n) is 2.71. The molecule has 107 valence electrons. The number of carbonyl (C=O) groups excluding carboxylic acids is 1. The fourth-order valence-electron chi connectivity index (χ4n) is 1.55. The van der Waals surface area contributed by atoms with Gasteiger partial charge in [0.1, 0.15) is 12.5 Å². The van der Waals surface area contributed by atoms with Gasteiger partial charge in [-0.05, 0) is 26.7 Å². The summed E-state index contributed by atoms with van der Waals surface area (Å²) in [6.07, 6.45) is 1.51. The van der Waals surface area contributed by atoms with Gasteiger partial charge in [0.2, 0.25) is 0 Å². The average Bonchev–Trinajstić information content (AvgIpc) is 2.29. The Morgan fingerprint density at radius 1 is 1.00 bits per heavy atom.